The number of rotatable bonds is 5. The molecular weight excluding hydrogens is 300 g/mol. The number of esters is 1. The van der Waals surface area contributed by atoms with Crippen LogP contribution in [0.4, 0.5) is 0 Å². The number of ether oxygens (including phenoxy) is 1. The van der Waals surface area contributed by atoms with E-state index in [0.29, 0.717) is 22.6 Å². The molecule has 0 atom stereocenters. The second kappa shape index (κ2) is 6.36. The zero-order valence-electron chi connectivity index (χ0n) is 12.3. The second-order valence-corrected chi connectivity index (χ2v) is 5.99. The molecule has 6 heteroatoms. The molecule has 0 bridgehead atoms. The maximum atomic E-state index is 12.2. The van der Waals surface area contributed by atoms with Gasteiger partial charge in [-0.3, -0.25) is 4.79 Å². The van der Waals surface area contributed by atoms with Crippen LogP contribution in [0, 0.1) is 0 Å². The van der Waals surface area contributed by atoms with Crippen LogP contribution in [0.2, 0.25) is 0 Å². The highest BCUT2D eigenvalue weighted by Gasteiger charge is 2.19. The number of carbonyl (C=O) groups is 2. The summed E-state index contributed by atoms with van der Waals surface area (Å²) in [5, 5.41) is 3.86. The van der Waals surface area contributed by atoms with Crippen molar-refractivity contribution in [2.75, 3.05) is 6.61 Å². The molecule has 114 valence electrons. The quantitative estimate of drug-likeness (QED) is 0.626. The number of aryl methyl sites for hydroxylation is 3. The van der Waals surface area contributed by atoms with E-state index >= 15 is 0 Å². The summed E-state index contributed by atoms with van der Waals surface area (Å²) in [6.45, 7) is 1.64. The van der Waals surface area contributed by atoms with Crippen molar-refractivity contribution in [2.24, 2.45) is 0 Å². The topological polar surface area (TPSA) is 69.2 Å². The lowest BCUT2D eigenvalue weighted by Crippen LogP contribution is -2.14. The minimum absolute atomic E-state index is 0.182. The third kappa shape index (κ3) is 2.92. The summed E-state index contributed by atoms with van der Waals surface area (Å²) < 4.78 is 8.85. The Kier molecular flexibility index (Phi) is 4.29. The van der Waals surface area contributed by atoms with E-state index in [2.05, 4.69) is 9.59 Å². The number of Topliss-reactive ketones (excluding diaryl/α,β-unsaturated/α-hetero) is 1. The minimum Gasteiger partial charge on any atom is -0.453 e. The normalized spacial score (nSPS) is 13.0. The molecule has 0 saturated heterocycles. The molecule has 0 fully saturated rings. The van der Waals surface area contributed by atoms with Crippen molar-refractivity contribution < 1.29 is 14.3 Å². The fraction of sp³-hybridized carbons (Fsp3) is 0.375. The van der Waals surface area contributed by atoms with Gasteiger partial charge >= 0.3 is 5.97 Å². The number of hydrogen-bond acceptors (Lipinski definition) is 6. The Morgan fingerprint density at radius 1 is 1.27 bits per heavy atom. The third-order valence-corrected chi connectivity index (χ3v) is 4.58. The standard InChI is InChI=1S/C16H16N2O3S/c1-2-13-15(22-18-17-13)16(20)21-9-14(19)12-7-6-10-4-3-5-11(10)8-12/h6-8H,2-5,9H2,1H3. The Balaban J connectivity index is 1.64. The maximum Gasteiger partial charge on any atom is 0.352 e. The molecule has 3 rings (SSSR count). The molecule has 0 amide bonds. The average Bonchev–Trinajstić information content (AvgIpc) is 3.19. The molecule has 5 nitrogen and oxygen atoms in total. The van der Waals surface area contributed by atoms with Gasteiger partial charge in [0.1, 0.15) is 0 Å². The number of benzene rings is 1. The van der Waals surface area contributed by atoms with Gasteiger partial charge < -0.3 is 4.74 Å². The zero-order chi connectivity index (χ0) is 15.5. The molecule has 0 saturated carbocycles. The fourth-order valence-corrected chi connectivity index (χ4v) is 3.27. The summed E-state index contributed by atoms with van der Waals surface area (Å²) in [6, 6.07) is 5.73. The average molecular weight is 316 g/mol. The Hall–Kier alpha value is -2.08. The number of carbonyl (C=O) groups excluding carboxylic acids is 2. The van der Waals surface area contributed by atoms with Crippen molar-refractivity contribution in [3.8, 4) is 0 Å². The van der Waals surface area contributed by atoms with Gasteiger partial charge in [0.2, 0.25) is 0 Å². The molecule has 1 heterocycles. The lowest BCUT2D eigenvalue weighted by Gasteiger charge is -2.05. The van der Waals surface area contributed by atoms with E-state index in [-0.39, 0.29) is 12.4 Å². The first kappa shape index (κ1) is 14.8. The van der Waals surface area contributed by atoms with Crippen molar-refractivity contribution >= 4 is 23.3 Å². The van der Waals surface area contributed by atoms with Crippen LogP contribution >= 0.6 is 11.5 Å². The lowest BCUT2D eigenvalue weighted by atomic mass is 10.0. The van der Waals surface area contributed by atoms with Gasteiger partial charge in [0.05, 0.1) is 5.69 Å². The van der Waals surface area contributed by atoms with Crippen LogP contribution in [0.1, 0.15) is 50.2 Å². The summed E-state index contributed by atoms with van der Waals surface area (Å²) >= 11 is 0.999. The molecule has 2 aromatic rings. The molecule has 1 aromatic carbocycles. The molecular formula is C16H16N2O3S. The SMILES string of the molecule is CCc1nnsc1C(=O)OCC(=O)c1ccc2c(c1)CCC2. The fourth-order valence-electron chi connectivity index (χ4n) is 2.62. The predicted octanol–water partition coefficient (Wildman–Crippen LogP) is 2.63. The number of aromatic nitrogens is 2. The van der Waals surface area contributed by atoms with Gasteiger partial charge in [-0.2, -0.15) is 0 Å². The summed E-state index contributed by atoms with van der Waals surface area (Å²) in [4.78, 5) is 24.5. The predicted molar refractivity (Wildman–Crippen MR) is 82.4 cm³/mol. The Morgan fingerprint density at radius 2 is 2.09 bits per heavy atom. The molecule has 0 aliphatic heterocycles. The van der Waals surface area contributed by atoms with E-state index in [1.807, 2.05) is 25.1 Å². The van der Waals surface area contributed by atoms with Gasteiger partial charge in [-0.05, 0) is 54.4 Å². The van der Waals surface area contributed by atoms with Gasteiger partial charge in [0, 0.05) is 5.56 Å². The first-order valence-corrected chi connectivity index (χ1v) is 8.09. The highest BCUT2D eigenvalue weighted by molar-refractivity contribution is 7.07. The van der Waals surface area contributed by atoms with Gasteiger partial charge in [0.15, 0.2) is 17.3 Å². The van der Waals surface area contributed by atoms with E-state index in [4.69, 9.17) is 4.74 Å². The van der Waals surface area contributed by atoms with E-state index in [9.17, 15) is 9.59 Å². The first-order chi connectivity index (χ1) is 10.7. The van der Waals surface area contributed by atoms with Crippen molar-refractivity contribution in [3.05, 3.63) is 45.5 Å². The summed E-state index contributed by atoms with van der Waals surface area (Å²) in [7, 11) is 0. The number of hydrogen-bond donors (Lipinski definition) is 0. The van der Waals surface area contributed by atoms with Gasteiger partial charge in [-0.1, -0.05) is 23.5 Å². The molecule has 1 aliphatic carbocycles. The largest absolute Gasteiger partial charge is 0.453 e. The number of ketones is 1. The molecule has 0 unspecified atom stereocenters. The Morgan fingerprint density at radius 3 is 2.91 bits per heavy atom. The molecule has 0 spiro atoms. The van der Waals surface area contributed by atoms with Gasteiger partial charge in [-0.25, -0.2) is 4.79 Å². The maximum absolute atomic E-state index is 12.2. The summed E-state index contributed by atoms with van der Waals surface area (Å²) in [5.74, 6) is -0.708. The van der Waals surface area contributed by atoms with E-state index in [1.165, 1.54) is 11.1 Å². The molecule has 1 aromatic heterocycles. The molecule has 0 radical (unpaired) electrons. The van der Waals surface area contributed by atoms with Crippen molar-refractivity contribution in [3.63, 3.8) is 0 Å². The van der Waals surface area contributed by atoms with Crippen molar-refractivity contribution in [1.29, 1.82) is 0 Å². The van der Waals surface area contributed by atoms with Crippen LogP contribution in [0.5, 0.6) is 0 Å². The third-order valence-electron chi connectivity index (χ3n) is 3.83. The molecule has 1 aliphatic rings. The zero-order valence-corrected chi connectivity index (χ0v) is 13.1. The minimum atomic E-state index is -0.527. The van der Waals surface area contributed by atoms with Gasteiger partial charge in [-0.15, -0.1) is 5.10 Å². The smallest absolute Gasteiger partial charge is 0.352 e. The van der Waals surface area contributed by atoms with Crippen LogP contribution in [0.3, 0.4) is 0 Å². The number of fused-ring (bicyclic) bond motifs is 1. The Labute approximate surface area is 132 Å². The molecule has 0 N–H and O–H groups in total. The highest BCUT2D eigenvalue weighted by Crippen LogP contribution is 2.23. The van der Waals surface area contributed by atoms with Gasteiger partial charge in [0.25, 0.3) is 0 Å². The van der Waals surface area contributed by atoms with E-state index < -0.39 is 5.97 Å². The highest BCUT2D eigenvalue weighted by atomic mass is 32.1. The van der Waals surface area contributed by atoms with Crippen LogP contribution in [0.15, 0.2) is 18.2 Å². The van der Waals surface area contributed by atoms with Crippen LogP contribution in [-0.2, 0) is 24.0 Å². The van der Waals surface area contributed by atoms with Crippen molar-refractivity contribution in [2.45, 2.75) is 32.6 Å². The monoisotopic (exact) mass is 316 g/mol. The first-order valence-electron chi connectivity index (χ1n) is 7.32. The van der Waals surface area contributed by atoms with E-state index in [0.717, 1.165) is 30.8 Å². The lowest BCUT2D eigenvalue weighted by molar-refractivity contribution is 0.0478. The van der Waals surface area contributed by atoms with Crippen LogP contribution in [0.25, 0.3) is 0 Å². The second-order valence-electron chi connectivity index (χ2n) is 5.24. The summed E-state index contributed by atoms with van der Waals surface area (Å²) in [5.41, 5.74) is 3.76. The van der Waals surface area contributed by atoms with Crippen LogP contribution in [-0.4, -0.2) is 27.9 Å². The van der Waals surface area contributed by atoms with E-state index in [1.54, 1.807) is 0 Å². The summed E-state index contributed by atoms with van der Waals surface area (Å²) in [6.07, 6.45) is 3.85. The molecule has 22 heavy (non-hydrogen) atoms. The number of nitrogens with zero attached hydrogens (tertiary/aromatic N) is 2. The van der Waals surface area contributed by atoms with Crippen LogP contribution < -0.4 is 0 Å². The Bertz CT molecular complexity index is 724. The van der Waals surface area contributed by atoms with Crippen molar-refractivity contribution in [1.82, 2.24) is 9.59 Å².